The van der Waals surface area contributed by atoms with Gasteiger partial charge in [0.05, 0.1) is 18.8 Å². The van der Waals surface area contributed by atoms with Gasteiger partial charge in [-0.2, -0.15) is 0 Å². The summed E-state index contributed by atoms with van der Waals surface area (Å²) in [5.74, 6) is 0.376. The molecule has 1 saturated heterocycles. The first-order valence-electron chi connectivity index (χ1n) is 6.15. The number of methoxy groups -OCH3 is 1. The quantitative estimate of drug-likeness (QED) is 0.747. The molecule has 2 rings (SSSR count). The van der Waals surface area contributed by atoms with Gasteiger partial charge in [-0.15, -0.1) is 10.8 Å². The van der Waals surface area contributed by atoms with Gasteiger partial charge in [0.2, 0.25) is 0 Å². The Bertz CT molecular complexity index is 289. The smallest absolute Gasteiger partial charge is 0.308 e. The van der Waals surface area contributed by atoms with E-state index >= 15 is 0 Å². The third-order valence-electron chi connectivity index (χ3n) is 3.81. The Labute approximate surface area is 104 Å². The van der Waals surface area contributed by atoms with Crippen LogP contribution in [0.3, 0.4) is 0 Å². The Kier molecular flexibility index (Phi) is 3.97. The molecule has 1 aliphatic carbocycles. The highest BCUT2D eigenvalue weighted by Gasteiger charge is 2.37. The van der Waals surface area contributed by atoms with Gasteiger partial charge < -0.3 is 4.74 Å². The van der Waals surface area contributed by atoms with E-state index < -0.39 is 10.8 Å². The number of nitrogens with zero attached hydrogens (tertiary/aromatic N) is 1. The van der Waals surface area contributed by atoms with Gasteiger partial charge in [-0.25, -0.2) is 4.31 Å². The zero-order chi connectivity index (χ0) is 12.5. The molecule has 0 bridgehead atoms. The molecule has 2 N–H and O–H groups in total. The largest absolute Gasteiger partial charge is 0.469 e. The summed E-state index contributed by atoms with van der Waals surface area (Å²) in [5.41, 5.74) is 0. The van der Waals surface area contributed by atoms with E-state index in [1.165, 1.54) is 7.11 Å². The van der Waals surface area contributed by atoms with Crippen LogP contribution in [0.1, 0.15) is 32.1 Å². The van der Waals surface area contributed by atoms with Crippen molar-refractivity contribution in [3.8, 4) is 0 Å². The van der Waals surface area contributed by atoms with Crippen LogP contribution in [0.25, 0.3) is 0 Å². The summed E-state index contributed by atoms with van der Waals surface area (Å²) in [6, 6.07) is 0.225. The number of rotatable bonds is 2. The normalized spacial score (nSPS) is 35.5. The molecule has 2 aliphatic rings. The standard InChI is InChI=1S/C11H21NO4S/c1-16-11(13)9-3-5-10(6-4-9)12-7-2-8-17(12,14)15/h9-10,14-15H,2-8H2,1H3. The molecule has 0 aromatic carbocycles. The molecule has 1 heterocycles. The molecule has 2 fully saturated rings. The molecule has 6 heteroatoms. The van der Waals surface area contributed by atoms with Crippen LogP contribution >= 0.6 is 10.8 Å². The maximum Gasteiger partial charge on any atom is 0.308 e. The second-order valence-corrected chi connectivity index (χ2v) is 7.00. The number of hydrogen-bond acceptors (Lipinski definition) is 5. The SMILES string of the molecule is COC(=O)C1CCC(N2CCCS2(O)O)CC1. The lowest BCUT2D eigenvalue weighted by atomic mass is 9.86. The minimum atomic E-state index is -2.51. The second-order valence-electron chi connectivity index (χ2n) is 4.86. The summed E-state index contributed by atoms with van der Waals surface area (Å²) >= 11 is 0. The molecule has 0 amide bonds. The highest BCUT2D eigenvalue weighted by atomic mass is 32.3. The Balaban J connectivity index is 1.89. The minimum absolute atomic E-state index is 0.000591. The topological polar surface area (TPSA) is 70.0 Å². The molecule has 0 radical (unpaired) electrons. The van der Waals surface area contributed by atoms with Gasteiger partial charge in [-0.05, 0) is 32.1 Å². The van der Waals surface area contributed by atoms with Crippen molar-refractivity contribution in [1.29, 1.82) is 0 Å². The van der Waals surface area contributed by atoms with Gasteiger partial charge >= 0.3 is 5.97 Å². The Hall–Kier alpha value is -0.300. The summed E-state index contributed by atoms with van der Waals surface area (Å²) in [4.78, 5) is 11.4. The molecular formula is C11H21NO4S. The van der Waals surface area contributed by atoms with Crippen LogP contribution in [-0.2, 0) is 9.53 Å². The Morgan fingerprint density at radius 1 is 1.29 bits per heavy atom. The Morgan fingerprint density at radius 2 is 1.94 bits per heavy atom. The zero-order valence-electron chi connectivity index (χ0n) is 10.2. The van der Waals surface area contributed by atoms with Gasteiger partial charge in [0.1, 0.15) is 0 Å². The second kappa shape index (κ2) is 5.14. The molecule has 0 aromatic heterocycles. The van der Waals surface area contributed by atoms with Crippen molar-refractivity contribution in [3.05, 3.63) is 0 Å². The van der Waals surface area contributed by atoms with Crippen molar-refractivity contribution in [2.24, 2.45) is 5.92 Å². The van der Waals surface area contributed by atoms with Crippen LogP contribution in [-0.4, -0.2) is 44.8 Å². The van der Waals surface area contributed by atoms with E-state index in [0.29, 0.717) is 5.75 Å². The maximum atomic E-state index is 11.4. The van der Waals surface area contributed by atoms with E-state index in [-0.39, 0.29) is 17.9 Å². The molecule has 17 heavy (non-hydrogen) atoms. The molecule has 0 spiro atoms. The highest BCUT2D eigenvalue weighted by molar-refractivity contribution is 8.22. The number of esters is 1. The lowest BCUT2D eigenvalue weighted by molar-refractivity contribution is -0.146. The van der Waals surface area contributed by atoms with E-state index in [1.807, 2.05) is 4.31 Å². The fourth-order valence-electron chi connectivity index (χ4n) is 2.86. The van der Waals surface area contributed by atoms with Crippen LogP contribution < -0.4 is 0 Å². The van der Waals surface area contributed by atoms with E-state index in [0.717, 1.165) is 38.6 Å². The summed E-state index contributed by atoms with van der Waals surface area (Å²) in [5, 5.41) is 0. The van der Waals surface area contributed by atoms with Gasteiger partial charge in [-0.3, -0.25) is 13.9 Å². The number of hydrogen-bond donors (Lipinski definition) is 2. The van der Waals surface area contributed by atoms with Crippen molar-refractivity contribution in [1.82, 2.24) is 4.31 Å². The van der Waals surface area contributed by atoms with Crippen molar-refractivity contribution >= 4 is 16.7 Å². The van der Waals surface area contributed by atoms with Crippen LogP contribution in [0.2, 0.25) is 0 Å². The third kappa shape index (κ3) is 2.76. The molecule has 5 nitrogen and oxygen atoms in total. The molecule has 0 atom stereocenters. The van der Waals surface area contributed by atoms with E-state index in [1.54, 1.807) is 0 Å². The molecule has 1 saturated carbocycles. The fourth-order valence-corrected chi connectivity index (χ4v) is 4.73. The van der Waals surface area contributed by atoms with E-state index in [2.05, 4.69) is 0 Å². The number of carbonyl (C=O) groups excluding carboxylic acids is 1. The van der Waals surface area contributed by atoms with Crippen molar-refractivity contribution in [2.45, 2.75) is 38.1 Å². The van der Waals surface area contributed by atoms with Crippen molar-refractivity contribution in [2.75, 3.05) is 19.4 Å². The van der Waals surface area contributed by atoms with Crippen LogP contribution in [0.5, 0.6) is 0 Å². The van der Waals surface area contributed by atoms with Crippen molar-refractivity contribution in [3.63, 3.8) is 0 Å². The van der Waals surface area contributed by atoms with Gasteiger partial charge in [0.15, 0.2) is 0 Å². The summed E-state index contributed by atoms with van der Waals surface area (Å²) in [7, 11) is -1.09. The van der Waals surface area contributed by atoms with Gasteiger partial charge in [-0.1, -0.05) is 0 Å². The van der Waals surface area contributed by atoms with Crippen LogP contribution in [0.15, 0.2) is 0 Å². The number of ether oxygens (including phenoxy) is 1. The lowest BCUT2D eigenvalue weighted by Gasteiger charge is -2.43. The first-order chi connectivity index (χ1) is 8.04. The fraction of sp³-hybridized carbons (Fsp3) is 0.909. The molecule has 100 valence electrons. The zero-order valence-corrected chi connectivity index (χ0v) is 11.0. The van der Waals surface area contributed by atoms with E-state index in [9.17, 15) is 13.9 Å². The Morgan fingerprint density at radius 3 is 2.41 bits per heavy atom. The molecule has 0 unspecified atom stereocenters. The van der Waals surface area contributed by atoms with Crippen molar-refractivity contribution < 1.29 is 18.6 Å². The third-order valence-corrected chi connectivity index (χ3v) is 5.88. The lowest BCUT2D eigenvalue weighted by Crippen LogP contribution is -2.38. The summed E-state index contributed by atoms with van der Waals surface area (Å²) in [6.07, 6.45) is 4.16. The molecule has 1 aliphatic heterocycles. The highest BCUT2D eigenvalue weighted by Crippen LogP contribution is 2.51. The van der Waals surface area contributed by atoms with E-state index in [4.69, 9.17) is 4.74 Å². The van der Waals surface area contributed by atoms with Crippen LogP contribution in [0.4, 0.5) is 0 Å². The summed E-state index contributed by atoms with van der Waals surface area (Å²) < 4.78 is 26.4. The van der Waals surface area contributed by atoms with Gasteiger partial charge in [0.25, 0.3) is 0 Å². The first kappa shape index (κ1) is 13.1. The minimum Gasteiger partial charge on any atom is -0.469 e. The maximum absolute atomic E-state index is 11.4. The molecule has 0 aromatic rings. The van der Waals surface area contributed by atoms with Gasteiger partial charge in [0, 0.05) is 12.6 Å². The average molecular weight is 263 g/mol. The van der Waals surface area contributed by atoms with Crippen LogP contribution in [0, 0.1) is 5.92 Å². The molecular weight excluding hydrogens is 242 g/mol. The first-order valence-corrected chi connectivity index (χ1v) is 7.82. The monoisotopic (exact) mass is 263 g/mol. The average Bonchev–Trinajstić information content (AvgIpc) is 2.68. The predicted octanol–water partition coefficient (Wildman–Crippen LogP) is 2.09. The number of carbonyl (C=O) groups is 1. The summed E-state index contributed by atoms with van der Waals surface area (Å²) in [6.45, 7) is 0.774. The predicted molar refractivity (Wildman–Crippen MR) is 66.8 cm³/mol.